The van der Waals surface area contributed by atoms with Crippen molar-refractivity contribution in [2.75, 3.05) is 23.7 Å². The van der Waals surface area contributed by atoms with E-state index in [1.165, 1.54) is 5.56 Å². The Morgan fingerprint density at radius 3 is 2.71 bits per heavy atom. The molecule has 0 unspecified atom stereocenters. The summed E-state index contributed by atoms with van der Waals surface area (Å²) in [7, 11) is 0. The lowest BCUT2D eigenvalue weighted by atomic mass is 10.1. The van der Waals surface area contributed by atoms with E-state index in [1.54, 1.807) is 12.3 Å². The predicted molar refractivity (Wildman–Crippen MR) is 91.6 cm³/mol. The number of nitrogens with zero attached hydrogens (tertiary/aromatic N) is 6. The van der Waals surface area contributed by atoms with Gasteiger partial charge in [0, 0.05) is 32.1 Å². The van der Waals surface area contributed by atoms with Crippen molar-refractivity contribution in [1.82, 2.24) is 24.7 Å². The van der Waals surface area contributed by atoms with Crippen LogP contribution >= 0.6 is 0 Å². The summed E-state index contributed by atoms with van der Waals surface area (Å²) in [4.78, 5) is 15.5. The number of nitrogen functional groups attached to an aromatic ring is 1. The fraction of sp³-hybridized carbons (Fsp3) is 0.294. The summed E-state index contributed by atoms with van der Waals surface area (Å²) in [5.41, 5.74) is 6.98. The first-order valence-corrected chi connectivity index (χ1v) is 8.08. The number of hydrogen-bond donors (Lipinski definition) is 1. The molecule has 7 nitrogen and oxygen atoms in total. The molecular weight excluding hydrogens is 302 g/mol. The number of nitrogens with two attached hydrogens (primary N) is 1. The van der Waals surface area contributed by atoms with Gasteiger partial charge in [-0.1, -0.05) is 30.3 Å². The van der Waals surface area contributed by atoms with Gasteiger partial charge in [-0.3, -0.25) is 0 Å². The number of anilines is 2. The van der Waals surface area contributed by atoms with Crippen molar-refractivity contribution in [3.05, 3.63) is 59.8 Å². The zero-order valence-corrected chi connectivity index (χ0v) is 13.3. The molecule has 1 aromatic carbocycles. The van der Waals surface area contributed by atoms with Crippen LogP contribution in [0.15, 0.2) is 42.6 Å². The van der Waals surface area contributed by atoms with Gasteiger partial charge in [0.2, 0.25) is 5.95 Å². The normalized spacial score (nSPS) is 14.2. The number of benzene rings is 1. The average molecular weight is 321 g/mol. The Morgan fingerprint density at radius 1 is 1.00 bits per heavy atom. The largest absolute Gasteiger partial charge is 0.384 e. The minimum atomic E-state index is 0.491. The van der Waals surface area contributed by atoms with Crippen LogP contribution in [0, 0.1) is 0 Å². The Bertz CT molecular complexity index is 802. The van der Waals surface area contributed by atoms with Gasteiger partial charge in [0.25, 0.3) is 0 Å². The quantitative estimate of drug-likeness (QED) is 0.783. The van der Waals surface area contributed by atoms with Crippen molar-refractivity contribution in [3.63, 3.8) is 0 Å². The lowest BCUT2D eigenvalue weighted by Gasteiger charge is -2.19. The molecule has 0 bridgehead atoms. The Balaban J connectivity index is 1.48. The Morgan fingerprint density at radius 2 is 1.88 bits per heavy atom. The summed E-state index contributed by atoms with van der Waals surface area (Å²) >= 11 is 0. The van der Waals surface area contributed by atoms with E-state index in [1.807, 2.05) is 22.9 Å². The second-order valence-electron chi connectivity index (χ2n) is 5.85. The van der Waals surface area contributed by atoms with Crippen LogP contribution < -0.4 is 10.6 Å². The molecule has 7 heteroatoms. The van der Waals surface area contributed by atoms with Crippen molar-refractivity contribution in [1.29, 1.82) is 0 Å². The summed E-state index contributed by atoms with van der Waals surface area (Å²) in [6.07, 6.45) is 3.28. The third kappa shape index (κ3) is 3.05. The van der Waals surface area contributed by atoms with Crippen molar-refractivity contribution < 1.29 is 0 Å². The van der Waals surface area contributed by atoms with Crippen LogP contribution in [0.25, 0.3) is 0 Å². The molecule has 0 aliphatic carbocycles. The molecule has 0 atom stereocenters. The minimum absolute atomic E-state index is 0.491. The Kier molecular flexibility index (Phi) is 3.82. The van der Waals surface area contributed by atoms with Crippen LogP contribution in [-0.2, 0) is 19.4 Å². The SMILES string of the molecule is Nc1ccnc(N2CCc3nc(Cc4ccccc4)nn3CC2)n1. The highest BCUT2D eigenvalue weighted by Gasteiger charge is 2.19. The van der Waals surface area contributed by atoms with Crippen LogP contribution in [0.4, 0.5) is 11.8 Å². The maximum absolute atomic E-state index is 5.75. The van der Waals surface area contributed by atoms with Gasteiger partial charge >= 0.3 is 0 Å². The molecule has 122 valence electrons. The molecule has 2 aromatic heterocycles. The fourth-order valence-electron chi connectivity index (χ4n) is 2.92. The second kappa shape index (κ2) is 6.27. The van der Waals surface area contributed by atoms with E-state index < -0.39 is 0 Å². The smallest absolute Gasteiger partial charge is 0.227 e. The summed E-state index contributed by atoms with van der Waals surface area (Å²) in [6.45, 7) is 2.38. The van der Waals surface area contributed by atoms with E-state index in [4.69, 9.17) is 10.7 Å². The molecule has 3 aromatic rings. The summed E-state index contributed by atoms with van der Waals surface area (Å²) < 4.78 is 2.00. The molecule has 4 rings (SSSR count). The predicted octanol–water partition coefficient (Wildman–Crippen LogP) is 1.30. The third-order valence-electron chi connectivity index (χ3n) is 4.13. The Labute approximate surface area is 140 Å². The van der Waals surface area contributed by atoms with Crippen molar-refractivity contribution in [3.8, 4) is 0 Å². The summed E-state index contributed by atoms with van der Waals surface area (Å²) in [6, 6.07) is 12.0. The highest BCUT2D eigenvalue weighted by atomic mass is 15.4. The molecule has 0 fully saturated rings. The minimum Gasteiger partial charge on any atom is -0.384 e. The van der Waals surface area contributed by atoms with Gasteiger partial charge in [-0.2, -0.15) is 10.1 Å². The van der Waals surface area contributed by atoms with E-state index in [0.29, 0.717) is 11.8 Å². The fourth-order valence-corrected chi connectivity index (χ4v) is 2.92. The molecule has 24 heavy (non-hydrogen) atoms. The molecule has 0 spiro atoms. The first kappa shape index (κ1) is 14.6. The van der Waals surface area contributed by atoms with Gasteiger partial charge < -0.3 is 10.6 Å². The first-order chi connectivity index (χ1) is 11.8. The topological polar surface area (TPSA) is 85.8 Å². The Hall–Kier alpha value is -2.96. The molecule has 3 heterocycles. The maximum atomic E-state index is 5.75. The maximum Gasteiger partial charge on any atom is 0.227 e. The highest BCUT2D eigenvalue weighted by Crippen LogP contribution is 2.14. The lowest BCUT2D eigenvalue weighted by molar-refractivity contribution is 0.601. The third-order valence-corrected chi connectivity index (χ3v) is 4.13. The molecule has 2 N–H and O–H groups in total. The number of hydrogen-bond acceptors (Lipinski definition) is 6. The molecule has 1 aliphatic heterocycles. The van der Waals surface area contributed by atoms with Gasteiger partial charge in [0.15, 0.2) is 5.82 Å². The lowest BCUT2D eigenvalue weighted by Crippen LogP contribution is -2.28. The van der Waals surface area contributed by atoms with E-state index in [2.05, 4.69) is 32.1 Å². The zero-order chi connectivity index (χ0) is 16.4. The molecular formula is C17H19N7. The number of aromatic nitrogens is 5. The van der Waals surface area contributed by atoms with Gasteiger partial charge in [-0.05, 0) is 11.6 Å². The highest BCUT2D eigenvalue weighted by molar-refractivity contribution is 5.38. The average Bonchev–Trinajstić information content (AvgIpc) is 2.87. The standard InChI is InChI=1S/C17H19N7/c18-14-6-8-19-17(20-14)23-9-7-16-21-15(22-24(16)11-10-23)12-13-4-2-1-3-5-13/h1-6,8H,7,9-12H2,(H2,18,19,20). The van der Waals surface area contributed by atoms with Crippen LogP contribution in [0.2, 0.25) is 0 Å². The van der Waals surface area contributed by atoms with Gasteiger partial charge in [0.05, 0.1) is 6.54 Å². The van der Waals surface area contributed by atoms with Crippen LogP contribution in [-0.4, -0.2) is 37.8 Å². The number of rotatable bonds is 3. The summed E-state index contributed by atoms with van der Waals surface area (Å²) in [5, 5.41) is 4.67. The van der Waals surface area contributed by atoms with Crippen molar-refractivity contribution in [2.24, 2.45) is 0 Å². The van der Waals surface area contributed by atoms with Crippen LogP contribution in [0.3, 0.4) is 0 Å². The van der Waals surface area contributed by atoms with Gasteiger partial charge in [-0.15, -0.1) is 0 Å². The van der Waals surface area contributed by atoms with E-state index in [-0.39, 0.29) is 0 Å². The molecule has 0 amide bonds. The first-order valence-electron chi connectivity index (χ1n) is 8.08. The van der Waals surface area contributed by atoms with Crippen LogP contribution in [0.5, 0.6) is 0 Å². The molecule has 0 saturated carbocycles. The van der Waals surface area contributed by atoms with E-state index in [9.17, 15) is 0 Å². The molecule has 1 aliphatic rings. The number of fused-ring (bicyclic) bond motifs is 1. The zero-order valence-electron chi connectivity index (χ0n) is 13.3. The monoisotopic (exact) mass is 321 g/mol. The van der Waals surface area contributed by atoms with Gasteiger partial charge in [-0.25, -0.2) is 14.6 Å². The van der Waals surface area contributed by atoms with E-state index >= 15 is 0 Å². The van der Waals surface area contributed by atoms with Gasteiger partial charge in [0.1, 0.15) is 11.6 Å². The summed E-state index contributed by atoms with van der Waals surface area (Å²) in [5.74, 6) is 3.06. The van der Waals surface area contributed by atoms with Crippen molar-refractivity contribution >= 4 is 11.8 Å². The van der Waals surface area contributed by atoms with Crippen molar-refractivity contribution in [2.45, 2.75) is 19.4 Å². The second-order valence-corrected chi connectivity index (χ2v) is 5.85. The molecule has 0 radical (unpaired) electrons. The van der Waals surface area contributed by atoms with E-state index in [0.717, 1.165) is 44.1 Å². The molecule has 0 saturated heterocycles. The van der Waals surface area contributed by atoms with Crippen LogP contribution in [0.1, 0.15) is 17.2 Å².